The molecule has 4 aromatic rings. The van der Waals surface area contributed by atoms with E-state index in [0.717, 1.165) is 33.7 Å². The molecule has 0 unspecified atom stereocenters. The molecule has 2 aromatic carbocycles. The molecule has 2 aromatic heterocycles. The van der Waals surface area contributed by atoms with Crippen molar-refractivity contribution in [3.8, 4) is 0 Å². The summed E-state index contributed by atoms with van der Waals surface area (Å²) >= 11 is 1.13. The number of anilines is 1. The molecule has 1 N–H and O–H groups in total. The van der Waals surface area contributed by atoms with Crippen LogP contribution in [0.3, 0.4) is 0 Å². The summed E-state index contributed by atoms with van der Waals surface area (Å²) in [5.41, 5.74) is 4.00. The third-order valence-electron chi connectivity index (χ3n) is 6.07. The second-order valence-corrected chi connectivity index (χ2v) is 10.0. The molecule has 0 radical (unpaired) electrons. The summed E-state index contributed by atoms with van der Waals surface area (Å²) in [6.45, 7) is 7.84. The van der Waals surface area contributed by atoms with Crippen molar-refractivity contribution in [2.24, 2.45) is 0 Å². The molecule has 0 spiro atoms. The predicted octanol–water partition coefficient (Wildman–Crippen LogP) is 5.24. The summed E-state index contributed by atoms with van der Waals surface area (Å²) in [5, 5.41) is 3.30. The standard InChI is InChI=1S/C28H29N3O4S/c1-17(2)21-12-8-9-18(3)24(21)30-22(32)15-31-16-29-26-23(27(31)33)19(4)25(36-26)28(34)35-14-13-20-10-6-5-7-11-20/h5-12,16-17H,13-15H2,1-4H3,(H,30,32). The highest BCUT2D eigenvalue weighted by Crippen LogP contribution is 2.28. The normalized spacial score (nSPS) is 11.1. The number of aryl methyl sites for hydroxylation is 2. The van der Waals surface area contributed by atoms with Gasteiger partial charge in [-0.3, -0.25) is 14.2 Å². The van der Waals surface area contributed by atoms with Crippen LogP contribution in [0.25, 0.3) is 10.2 Å². The molecule has 0 atom stereocenters. The van der Waals surface area contributed by atoms with Gasteiger partial charge in [-0.15, -0.1) is 11.3 Å². The molecule has 186 valence electrons. The molecule has 8 heteroatoms. The highest BCUT2D eigenvalue weighted by molar-refractivity contribution is 7.20. The minimum absolute atomic E-state index is 0.181. The van der Waals surface area contributed by atoms with E-state index in [1.165, 1.54) is 10.9 Å². The van der Waals surface area contributed by atoms with E-state index in [1.54, 1.807) is 6.92 Å². The number of para-hydroxylation sites is 1. The van der Waals surface area contributed by atoms with Gasteiger partial charge in [0.2, 0.25) is 5.91 Å². The number of aromatic nitrogens is 2. The van der Waals surface area contributed by atoms with Crippen molar-refractivity contribution in [2.45, 2.75) is 46.6 Å². The number of fused-ring (bicyclic) bond motifs is 1. The molecule has 0 aliphatic rings. The number of amides is 1. The Morgan fingerprint density at radius 3 is 2.56 bits per heavy atom. The van der Waals surface area contributed by atoms with Crippen LogP contribution in [0.4, 0.5) is 5.69 Å². The van der Waals surface area contributed by atoms with Crippen LogP contribution in [0.5, 0.6) is 0 Å². The highest BCUT2D eigenvalue weighted by atomic mass is 32.1. The maximum absolute atomic E-state index is 13.2. The zero-order valence-electron chi connectivity index (χ0n) is 20.8. The van der Waals surface area contributed by atoms with Gasteiger partial charge in [0, 0.05) is 12.1 Å². The number of hydrogen-bond donors (Lipinski definition) is 1. The fourth-order valence-corrected chi connectivity index (χ4v) is 5.15. The molecule has 0 saturated carbocycles. The van der Waals surface area contributed by atoms with Crippen molar-refractivity contribution in [2.75, 3.05) is 11.9 Å². The Morgan fingerprint density at radius 1 is 1.08 bits per heavy atom. The van der Waals surface area contributed by atoms with Crippen LogP contribution in [-0.2, 0) is 22.5 Å². The van der Waals surface area contributed by atoms with Gasteiger partial charge in [-0.25, -0.2) is 9.78 Å². The summed E-state index contributed by atoms with van der Waals surface area (Å²) in [6.07, 6.45) is 1.96. The van der Waals surface area contributed by atoms with Gasteiger partial charge >= 0.3 is 5.97 Å². The molecule has 0 saturated heterocycles. The largest absolute Gasteiger partial charge is 0.461 e. The summed E-state index contributed by atoms with van der Waals surface area (Å²) < 4.78 is 6.73. The van der Waals surface area contributed by atoms with Crippen LogP contribution in [0, 0.1) is 13.8 Å². The molecule has 1 amide bonds. The lowest BCUT2D eigenvalue weighted by Gasteiger charge is -2.16. The van der Waals surface area contributed by atoms with Crippen LogP contribution in [-0.4, -0.2) is 28.0 Å². The van der Waals surface area contributed by atoms with Gasteiger partial charge in [0.05, 0.1) is 18.3 Å². The van der Waals surface area contributed by atoms with Crippen LogP contribution in [0.2, 0.25) is 0 Å². The number of ether oxygens (including phenoxy) is 1. The van der Waals surface area contributed by atoms with Gasteiger partial charge < -0.3 is 10.1 Å². The maximum atomic E-state index is 13.2. The third-order valence-corrected chi connectivity index (χ3v) is 7.25. The van der Waals surface area contributed by atoms with E-state index in [9.17, 15) is 14.4 Å². The van der Waals surface area contributed by atoms with E-state index in [0.29, 0.717) is 27.1 Å². The van der Waals surface area contributed by atoms with Crippen LogP contribution in [0.15, 0.2) is 59.7 Å². The van der Waals surface area contributed by atoms with Gasteiger partial charge in [0.15, 0.2) is 0 Å². The van der Waals surface area contributed by atoms with E-state index < -0.39 is 5.97 Å². The third kappa shape index (κ3) is 5.39. The second-order valence-electron chi connectivity index (χ2n) is 9.03. The highest BCUT2D eigenvalue weighted by Gasteiger charge is 2.21. The Bertz CT molecular complexity index is 1470. The van der Waals surface area contributed by atoms with Crippen LogP contribution in [0.1, 0.15) is 51.7 Å². The first-order valence-electron chi connectivity index (χ1n) is 11.8. The van der Waals surface area contributed by atoms with Crippen LogP contribution < -0.4 is 10.9 Å². The molecule has 7 nitrogen and oxygen atoms in total. The smallest absolute Gasteiger partial charge is 0.348 e. The van der Waals surface area contributed by atoms with E-state index in [4.69, 9.17) is 4.74 Å². The lowest BCUT2D eigenvalue weighted by Crippen LogP contribution is -2.28. The number of nitrogens with zero attached hydrogens (tertiary/aromatic N) is 2. The predicted molar refractivity (Wildman–Crippen MR) is 143 cm³/mol. The zero-order valence-corrected chi connectivity index (χ0v) is 21.6. The first-order valence-corrected chi connectivity index (χ1v) is 12.7. The summed E-state index contributed by atoms with van der Waals surface area (Å²) in [6, 6.07) is 15.7. The SMILES string of the molecule is Cc1cccc(C(C)C)c1NC(=O)Cn1cnc2sc(C(=O)OCCc3ccccc3)c(C)c2c1=O. The van der Waals surface area contributed by atoms with Gasteiger partial charge in [-0.2, -0.15) is 0 Å². The molecule has 4 rings (SSSR count). The van der Waals surface area contributed by atoms with Gasteiger partial charge in [0.25, 0.3) is 5.56 Å². The number of carbonyl (C=O) groups excluding carboxylic acids is 2. The Morgan fingerprint density at radius 2 is 1.83 bits per heavy atom. The zero-order chi connectivity index (χ0) is 25.8. The van der Waals surface area contributed by atoms with Gasteiger partial charge in [0.1, 0.15) is 16.3 Å². The number of nitrogens with one attached hydrogen (secondary N) is 1. The number of hydrogen-bond acceptors (Lipinski definition) is 6. The molecule has 0 fully saturated rings. The first kappa shape index (κ1) is 25.3. The number of carbonyl (C=O) groups is 2. The van der Waals surface area contributed by atoms with E-state index >= 15 is 0 Å². The fraction of sp³-hybridized carbons (Fsp3) is 0.286. The molecule has 0 aliphatic heterocycles. The number of esters is 1. The lowest BCUT2D eigenvalue weighted by molar-refractivity contribution is -0.116. The Balaban J connectivity index is 1.51. The van der Waals surface area contributed by atoms with Crippen molar-refractivity contribution >= 4 is 39.1 Å². The molecular formula is C28H29N3O4S. The monoisotopic (exact) mass is 503 g/mol. The molecule has 36 heavy (non-hydrogen) atoms. The van der Waals surface area contributed by atoms with E-state index in [-0.39, 0.29) is 30.5 Å². The van der Waals surface area contributed by atoms with Gasteiger partial charge in [-0.05, 0) is 42.0 Å². The summed E-state index contributed by atoms with van der Waals surface area (Å²) in [4.78, 5) is 43.9. The lowest BCUT2D eigenvalue weighted by atomic mass is 9.98. The topological polar surface area (TPSA) is 90.3 Å². The number of thiophene rings is 1. The Kier molecular flexibility index (Phi) is 7.64. The van der Waals surface area contributed by atoms with Crippen molar-refractivity contribution in [1.29, 1.82) is 0 Å². The molecule has 2 heterocycles. The minimum atomic E-state index is -0.476. The average molecular weight is 504 g/mol. The second kappa shape index (κ2) is 10.9. The van der Waals surface area contributed by atoms with E-state index in [1.807, 2.05) is 55.5 Å². The molecule has 0 bridgehead atoms. The van der Waals surface area contributed by atoms with Crippen LogP contribution >= 0.6 is 11.3 Å². The Hall–Kier alpha value is -3.78. The fourth-order valence-electron chi connectivity index (χ4n) is 4.11. The average Bonchev–Trinajstić information content (AvgIpc) is 3.19. The Labute approximate surface area is 213 Å². The summed E-state index contributed by atoms with van der Waals surface area (Å²) in [7, 11) is 0. The van der Waals surface area contributed by atoms with E-state index in [2.05, 4.69) is 24.1 Å². The molecular weight excluding hydrogens is 474 g/mol. The first-order chi connectivity index (χ1) is 17.3. The van der Waals surface area contributed by atoms with Crippen molar-refractivity contribution in [3.05, 3.63) is 92.3 Å². The maximum Gasteiger partial charge on any atom is 0.348 e. The van der Waals surface area contributed by atoms with Crippen molar-refractivity contribution < 1.29 is 14.3 Å². The van der Waals surface area contributed by atoms with Crippen molar-refractivity contribution in [3.63, 3.8) is 0 Å². The number of rotatable bonds is 8. The number of benzene rings is 2. The van der Waals surface area contributed by atoms with Crippen molar-refractivity contribution in [1.82, 2.24) is 9.55 Å². The minimum Gasteiger partial charge on any atom is -0.461 e. The summed E-state index contributed by atoms with van der Waals surface area (Å²) in [5.74, 6) is -0.556. The van der Waals surface area contributed by atoms with Gasteiger partial charge in [-0.1, -0.05) is 62.4 Å². The molecule has 0 aliphatic carbocycles. The quantitative estimate of drug-likeness (QED) is 0.332.